The summed E-state index contributed by atoms with van der Waals surface area (Å²) >= 11 is 15.3. The SMILES string of the molecule is Fc1cc(Cc2cc3cc(Br)ccc3nc2Cl)ccc1Cl. The molecule has 1 heterocycles. The van der Waals surface area contributed by atoms with Gasteiger partial charge >= 0.3 is 0 Å². The number of benzene rings is 2. The standard InChI is InChI=1S/C16H9BrCl2FN/c17-12-2-4-15-10(8-12)7-11(16(19)21-15)5-9-1-3-13(18)14(20)6-9/h1-4,6-8H,5H2. The second-order valence-electron chi connectivity index (χ2n) is 4.70. The predicted octanol–water partition coefficient (Wildman–Crippen LogP) is 6.03. The fourth-order valence-electron chi connectivity index (χ4n) is 2.16. The van der Waals surface area contributed by atoms with Crippen molar-refractivity contribution in [2.24, 2.45) is 0 Å². The summed E-state index contributed by atoms with van der Waals surface area (Å²) in [6.07, 6.45) is 0.502. The van der Waals surface area contributed by atoms with E-state index in [1.165, 1.54) is 6.07 Å². The monoisotopic (exact) mass is 383 g/mol. The molecule has 0 aliphatic heterocycles. The highest BCUT2D eigenvalue weighted by Crippen LogP contribution is 2.26. The van der Waals surface area contributed by atoms with E-state index in [0.29, 0.717) is 11.6 Å². The first-order valence-corrected chi connectivity index (χ1v) is 7.76. The number of aromatic nitrogens is 1. The van der Waals surface area contributed by atoms with Crippen molar-refractivity contribution in [1.82, 2.24) is 4.98 Å². The van der Waals surface area contributed by atoms with Gasteiger partial charge in [-0.25, -0.2) is 9.37 Å². The maximum absolute atomic E-state index is 13.5. The summed E-state index contributed by atoms with van der Waals surface area (Å²) in [7, 11) is 0. The summed E-state index contributed by atoms with van der Waals surface area (Å²) in [6.45, 7) is 0. The van der Waals surface area contributed by atoms with Gasteiger partial charge < -0.3 is 0 Å². The third-order valence-corrected chi connectivity index (χ3v) is 4.31. The molecule has 0 fully saturated rings. The zero-order valence-corrected chi connectivity index (χ0v) is 13.8. The van der Waals surface area contributed by atoms with Crippen molar-refractivity contribution < 1.29 is 4.39 Å². The molecule has 0 saturated carbocycles. The lowest BCUT2D eigenvalue weighted by Gasteiger charge is -2.07. The minimum atomic E-state index is -0.429. The number of hydrogen-bond acceptors (Lipinski definition) is 1. The lowest BCUT2D eigenvalue weighted by Crippen LogP contribution is -1.94. The summed E-state index contributed by atoms with van der Waals surface area (Å²) in [5.74, 6) is -0.429. The largest absolute Gasteiger partial charge is 0.236 e. The molecule has 21 heavy (non-hydrogen) atoms. The highest BCUT2D eigenvalue weighted by Gasteiger charge is 2.08. The third kappa shape index (κ3) is 3.20. The smallest absolute Gasteiger partial charge is 0.142 e. The molecule has 0 atom stereocenters. The van der Waals surface area contributed by atoms with Gasteiger partial charge in [0.1, 0.15) is 11.0 Å². The molecule has 0 amide bonds. The number of hydrogen-bond donors (Lipinski definition) is 0. The van der Waals surface area contributed by atoms with Crippen molar-refractivity contribution >= 4 is 50.0 Å². The number of rotatable bonds is 2. The Morgan fingerprint density at radius 1 is 1.05 bits per heavy atom. The Morgan fingerprint density at radius 3 is 2.62 bits per heavy atom. The first-order valence-electron chi connectivity index (χ1n) is 6.21. The molecule has 0 saturated heterocycles. The molecule has 2 aromatic carbocycles. The van der Waals surface area contributed by atoms with E-state index in [2.05, 4.69) is 20.9 Å². The summed E-state index contributed by atoms with van der Waals surface area (Å²) in [6, 6.07) is 12.5. The average molecular weight is 385 g/mol. The van der Waals surface area contributed by atoms with Crippen LogP contribution in [0.3, 0.4) is 0 Å². The zero-order chi connectivity index (χ0) is 15.0. The Balaban J connectivity index is 2.03. The summed E-state index contributed by atoms with van der Waals surface area (Å²) in [4.78, 5) is 4.38. The number of halogens is 4. The minimum absolute atomic E-state index is 0.116. The lowest BCUT2D eigenvalue weighted by molar-refractivity contribution is 0.626. The van der Waals surface area contributed by atoms with Gasteiger partial charge in [-0.15, -0.1) is 0 Å². The van der Waals surface area contributed by atoms with E-state index in [1.807, 2.05) is 24.3 Å². The number of nitrogens with zero attached hydrogens (tertiary/aromatic N) is 1. The van der Waals surface area contributed by atoms with Crippen LogP contribution in [0.5, 0.6) is 0 Å². The third-order valence-electron chi connectivity index (χ3n) is 3.18. The minimum Gasteiger partial charge on any atom is -0.236 e. The molecule has 106 valence electrons. The maximum Gasteiger partial charge on any atom is 0.142 e. The van der Waals surface area contributed by atoms with Crippen LogP contribution in [0.15, 0.2) is 46.9 Å². The molecular formula is C16H9BrCl2FN. The molecule has 3 aromatic rings. The van der Waals surface area contributed by atoms with Crippen LogP contribution < -0.4 is 0 Å². The Kier molecular flexibility index (Phi) is 4.16. The maximum atomic E-state index is 13.5. The van der Waals surface area contributed by atoms with Gasteiger partial charge in [0, 0.05) is 16.3 Å². The Labute approximate surface area is 139 Å². The molecule has 0 bridgehead atoms. The van der Waals surface area contributed by atoms with Crippen LogP contribution >= 0.6 is 39.1 Å². The molecule has 0 N–H and O–H groups in total. The van der Waals surface area contributed by atoms with Crippen molar-refractivity contribution in [3.05, 3.63) is 74.1 Å². The second-order valence-corrected chi connectivity index (χ2v) is 6.38. The molecule has 0 spiro atoms. The first-order chi connectivity index (χ1) is 10.0. The summed E-state index contributed by atoms with van der Waals surface area (Å²) in [5.41, 5.74) is 2.48. The Hall–Kier alpha value is -1.16. The second kappa shape index (κ2) is 5.91. The van der Waals surface area contributed by atoms with Crippen LogP contribution in [-0.4, -0.2) is 4.98 Å². The Morgan fingerprint density at radius 2 is 1.86 bits per heavy atom. The predicted molar refractivity (Wildman–Crippen MR) is 88.7 cm³/mol. The fourth-order valence-corrected chi connectivity index (χ4v) is 2.87. The Bertz CT molecular complexity index is 836. The molecule has 0 aliphatic carbocycles. The van der Waals surface area contributed by atoms with E-state index in [1.54, 1.807) is 12.1 Å². The van der Waals surface area contributed by atoms with Gasteiger partial charge in [0.15, 0.2) is 0 Å². The number of fused-ring (bicyclic) bond motifs is 1. The van der Waals surface area contributed by atoms with Crippen LogP contribution in [-0.2, 0) is 6.42 Å². The van der Waals surface area contributed by atoms with Gasteiger partial charge in [-0.05, 0) is 47.5 Å². The van der Waals surface area contributed by atoms with E-state index in [9.17, 15) is 4.39 Å². The van der Waals surface area contributed by atoms with Crippen molar-refractivity contribution in [2.45, 2.75) is 6.42 Å². The van der Waals surface area contributed by atoms with E-state index in [4.69, 9.17) is 23.2 Å². The van der Waals surface area contributed by atoms with Crippen molar-refractivity contribution in [3.8, 4) is 0 Å². The molecule has 0 aliphatic rings. The molecule has 3 rings (SSSR count). The summed E-state index contributed by atoms with van der Waals surface area (Å²) in [5, 5.41) is 1.53. The van der Waals surface area contributed by atoms with Crippen molar-refractivity contribution in [2.75, 3.05) is 0 Å². The summed E-state index contributed by atoms with van der Waals surface area (Å²) < 4.78 is 14.5. The number of pyridine rings is 1. The molecule has 0 radical (unpaired) electrons. The van der Waals surface area contributed by atoms with Crippen LogP contribution in [0, 0.1) is 5.82 Å². The van der Waals surface area contributed by atoms with E-state index in [-0.39, 0.29) is 5.02 Å². The first kappa shape index (κ1) is 14.8. The molecule has 1 aromatic heterocycles. The molecule has 1 nitrogen and oxygen atoms in total. The quantitative estimate of drug-likeness (QED) is 0.491. The topological polar surface area (TPSA) is 12.9 Å². The van der Waals surface area contributed by atoms with Crippen molar-refractivity contribution in [3.63, 3.8) is 0 Å². The van der Waals surface area contributed by atoms with Crippen molar-refractivity contribution in [1.29, 1.82) is 0 Å². The van der Waals surface area contributed by atoms with Crippen LogP contribution in [0.25, 0.3) is 10.9 Å². The van der Waals surface area contributed by atoms with Gasteiger partial charge in [0.2, 0.25) is 0 Å². The highest BCUT2D eigenvalue weighted by atomic mass is 79.9. The highest BCUT2D eigenvalue weighted by molar-refractivity contribution is 9.10. The fraction of sp³-hybridized carbons (Fsp3) is 0.0625. The lowest BCUT2D eigenvalue weighted by atomic mass is 10.0. The molecule has 5 heteroatoms. The van der Waals surface area contributed by atoms with Gasteiger partial charge in [-0.1, -0.05) is 45.2 Å². The van der Waals surface area contributed by atoms with Gasteiger partial charge in [-0.3, -0.25) is 0 Å². The van der Waals surface area contributed by atoms with E-state index < -0.39 is 5.82 Å². The van der Waals surface area contributed by atoms with Gasteiger partial charge in [0.25, 0.3) is 0 Å². The molecular weight excluding hydrogens is 376 g/mol. The van der Waals surface area contributed by atoms with E-state index in [0.717, 1.165) is 26.5 Å². The zero-order valence-electron chi connectivity index (χ0n) is 10.7. The van der Waals surface area contributed by atoms with Crippen LogP contribution in [0.4, 0.5) is 4.39 Å². The van der Waals surface area contributed by atoms with Crippen LogP contribution in [0.2, 0.25) is 10.2 Å². The molecule has 0 unspecified atom stereocenters. The van der Waals surface area contributed by atoms with Gasteiger partial charge in [-0.2, -0.15) is 0 Å². The van der Waals surface area contributed by atoms with E-state index >= 15 is 0 Å². The van der Waals surface area contributed by atoms with Gasteiger partial charge in [0.05, 0.1) is 10.5 Å². The normalized spacial score (nSPS) is 11.0. The van der Waals surface area contributed by atoms with Crippen LogP contribution in [0.1, 0.15) is 11.1 Å². The average Bonchev–Trinajstić information content (AvgIpc) is 2.44.